The van der Waals surface area contributed by atoms with Gasteiger partial charge >= 0.3 is 11.9 Å². The molecule has 2 bridgehead atoms. The number of methoxy groups -OCH3 is 1. The Hall–Kier alpha value is -3.90. The van der Waals surface area contributed by atoms with E-state index in [4.69, 9.17) is 33.5 Å². The van der Waals surface area contributed by atoms with Gasteiger partial charge in [-0.15, -0.1) is 0 Å². The number of Topliss-reactive ketones (excluding diaryl/α,β-unsaturated/α-hetero) is 3. The number of rotatable bonds is 12. The highest BCUT2D eigenvalue weighted by Gasteiger charge is 2.53. The Labute approximate surface area is 440 Å². The number of ketones is 3. The second-order valence-corrected chi connectivity index (χ2v) is 22.3. The van der Waals surface area contributed by atoms with Gasteiger partial charge in [0.2, 0.25) is 5.79 Å². The largest absolute Gasteiger partial charge is 0.481 e. The van der Waals surface area contributed by atoms with E-state index in [1.165, 1.54) is 4.90 Å². The highest BCUT2D eigenvalue weighted by Crippen LogP contribution is 2.38. The molecular formula is C58H89NO15. The molecule has 4 fully saturated rings. The van der Waals surface area contributed by atoms with Crippen molar-refractivity contribution in [3.63, 3.8) is 0 Å². The first-order valence-corrected chi connectivity index (χ1v) is 27.7. The topological polar surface area (TPSA) is 222 Å². The van der Waals surface area contributed by atoms with Crippen molar-refractivity contribution in [2.24, 2.45) is 41.4 Å². The molecule has 16 nitrogen and oxygen atoms in total. The summed E-state index contributed by atoms with van der Waals surface area (Å²) in [6.07, 6.45) is 14.2. The third kappa shape index (κ3) is 16.8. The molecule has 74 heavy (non-hydrogen) atoms. The second kappa shape index (κ2) is 29.0. The molecule has 0 aromatic heterocycles. The van der Waals surface area contributed by atoms with Crippen molar-refractivity contribution < 1.29 is 72.5 Å². The second-order valence-electron chi connectivity index (χ2n) is 22.3. The van der Waals surface area contributed by atoms with Crippen molar-refractivity contribution in [3.8, 4) is 0 Å². The summed E-state index contributed by atoms with van der Waals surface area (Å²) in [6.45, 7) is 16.0. The Morgan fingerprint density at radius 2 is 1.65 bits per heavy atom. The molecule has 1 saturated carbocycles. The summed E-state index contributed by atoms with van der Waals surface area (Å²) in [4.78, 5) is 84.1. The molecule has 4 heterocycles. The van der Waals surface area contributed by atoms with Crippen molar-refractivity contribution in [2.45, 2.75) is 206 Å². The van der Waals surface area contributed by atoms with Gasteiger partial charge in [0.05, 0.1) is 56.3 Å². The third-order valence-corrected chi connectivity index (χ3v) is 16.5. The van der Waals surface area contributed by atoms with Gasteiger partial charge in [0.1, 0.15) is 23.7 Å². The van der Waals surface area contributed by atoms with Crippen LogP contribution in [0.4, 0.5) is 0 Å². The zero-order chi connectivity index (χ0) is 54.3. The molecule has 0 radical (unpaired) electrons. The highest BCUT2D eigenvalue weighted by atomic mass is 16.6. The number of esters is 1. The fourth-order valence-corrected chi connectivity index (χ4v) is 11.5. The molecule has 3 N–H and O–H groups in total. The molecule has 4 aliphatic heterocycles. The van der Waals surface area contributed by atoms with Gasteiger partial charge in [0.25, 0.3) is 11.7 Å². The Kier molecular flexibility index (Phi) is 23.9. The van der Waals surface area contributed by atoms with Crippen LogP contribution in [-0.4, -0.2) is 143 Å². The molecule has 0 spiro atoms. The van der Waals surface area contributed by atoms with Gasteiger partial charge in [-0.2, -0.15) is 0 Å². The maximum Gasteiger partial charge on any atom is 0.329 e. The number of amides is 1. The van der Waals surface area contributed by atoms with Crippen LogP contribution < -0.4 is 0 Å². The first kappa shape index (κ1) is 61.0. The molecule has 16 atom stereocenters. The smallest absolute Gasteiger partial charge is 0.329 e. The Morgan fingerprint density at radius 3 is 2.32 bits per heavy atom. The number of hydrogen-bond acceptors (Lipinski definition) is 14. The van der Waals surface area contributed by atoms with Crippen LogP contribution in [0.15, 0.2) is 47.6 Å². The van der Waals surface area contributed by atoms with Gasteiger partial charge in [-0.05, 0) is 120 Å². The summed E-state index contributed by atoms with van der Waals surface area (Å²) in [5, 5.41) is 33.0. The van der Waals surface area contributed by atoms with E-state index in [0.717, 1.165) is 18.4 Å². The number of carbonyl (C=O) groups excluding carboxylic acids is 5. The van der Waals surface area contributed by atoms with E-state index in [0.29, 0.717) is 83.0 Å². The van der Waals surface area contributed by atoms with Crippen molar-refractivity contribution >= 4 is 35.2 Å². The Morgan fingerprint density at radius 1 is 0.905 bits per heavy atom. The first-order chi connectivity index (χ1) is 35.2. The number of aliphatic carboxylic acids is 1. The maximum atomic E-state index is 14.6. The molecule has 1 amide bonds. The lowest BCUT2D eigenvalue weighted by atomic mass is 9.78. The molecule has 16 heteroatoms. The summed E-state index contributed by atoms with van der Waals surface area (Å²) in [7, 11) is 1.59. The van der Waals surface area contributed by atoms with Crippen LogP contribution in [0, 0.1) is 41.4 Å². The number of piperidine rings is 1. The number of aliphatic hydroxyl groups excluding tert-OH is 1. The van der Waals surface area contributed by atoms with Crippen LogP contribution in [0.25, 0.3) is 0 Å². The van der Waals surface area contributed by atoms with Gasteiger partial charge in [-0.25, -0.2) is 4.79 Å². The number of carbonyl (C=O) groups is 6. The molecule has 5 aliphatic rings. The standard InChI is InChI=1S/C58H89NO15/c1-10-45-53(63)39(6)28-35(2)16-12-11-13-17-36(3)49(72-34-44-23-26-70-44)32-43-21-19-41(8)58(68,74-43)55(65)56(66)59-25-15-14-18-46(59)57(67)73-50(33-47(60)37(4)29-40(7)54(45)64)38(5)30-42-20-22-48(51(31-42)69-9)71-27-24-52(61)62/h11-13,16-17,29,35,37-39,41-46,48-51,54,64,68H,10,14-15,18-28,30-34H2,1-9H3,(H,61,62)/b13-11+,16-12+,36-17+,40-29+. The normalized spacial score (nSPS) is 38.8. The fourth-order valence-electron chi connectivity index (χ4n) is 11.5. The fraction of sp³-hybridized carbons (Fsp3) is 0.759. The van der Waals surface area contributed by atoms with E-state index < -0.39 is 77.6 Å². The van der Waals surface area contributed by atoms with Crippen molar-refractivity contribution in [3.05, 3.63) is 47.6 Å². The third-order valence-electron chi connectivity index (χ3n) is 16.5. The summed E-state index contributed by atoms with van der Waals surface area (Å²) in [5.74, 6) is -9.37. The minimum atomic E-state index is -2.47. The van der Waals surface area contributed by atoms with Crippen molar-refractivity contribution in [2.75, 3.05) is 33.5 Å². The van der Waals surface area contributed by atoms with E-state index in [9.17, 15) is 39.0 Å². The molecule has 16 unspecified atom stereocenters. The molecule has 3 saturated heterocycles. The van der Waals surface area contributed by atoms with E-state index in [1.807, 2.05) is 65.0 Å². The summed E-state index contributed by atoms with van der Waals surface area (Å²) in [6, 6.07) is -1.17. The average molecular weight is 1040 g/mol. The quantitative estimate of drug-likeness (QED) is 0.0962. The van der Waals surface area contributed by atoms with E-state index in [1.54, 1.807) is 34.0 Å². The zero-order valence-electron chi connectivity index (χ0n) is 45.7. The predicted molar refractivity (Wildman–Crippen MR) is 277 cm³/mol. The van der Waals surface area contributed by atoms with E-state index in [-0.39, 0.29) is 86.0 Å². The van der Waals surface area contributed by atoms with Gasteiger partial charge in [-0.1, -0.05) is 78.0 Å². The van der Waals surface area contributed by atoms with Gasteiger partial charge in [0.15, 0.2) is 0 Å². The first-order valence-electron chi connectivity index (χ1n) is 27.7. The summed E-state index contributed by atoms with van der Waals surface area (Å²) in [5.41, 5.74) is 1.38. The summed E-state index contributed by atoms with van der Waals surface area (Å²) < 4.78 is 36.4. The van der Waals surface area contributed by atoms with Gasteiger partial charge < -0.3 is 48.6 Å². The van der Waals surface area contributed by atoms with Gasteiger partial charge in [0, 0.05) is 56.8 Å². The predicted octanol–water partition coefficient (Wildman–Crippen LogP) is 7.85. The highest BCUT2D eigenvalue weighted by molar-refractivity contribution is 6.39. The number of aliphatic hydroxyl groups is 2. The molecule has 416 valence electrons. The Bertz CT molecular complexity index is 2030. The minimum Gasteiger partial charge on any atom is -0.481 e. The van der Waals surface area contributed by atoms with Crippen LogP contribution >= 0.6 is 0 Å². The average Bonchev–Trinajstić information content (AvgIpc) is 3.35. The van der Waals surface area contributed by atoms with Crippen LogP contribution in [0.5, 0.6) is 0 Å². The molecule has 0 aromatic carbocycles. The van der Waals surface area contributed by atoms with Crippen LogP contribution in [0.3, 0.4) is 0 Å². The Balaban J connectivity index is 1.46. The lowest BCUT2D eigenvalue weighted by Crippen LogP contribution is -2.61. The number of ether oxygens (including phenoxy) is 6. The molecule has 5 rings (SSSR count). The molecular weight excluding hydrogens is 951 g/mol. The number of allylic oxidation sites excluding steroid dienone is 6. The lowest BCUT2D eigenvalue weighted by molar-refractivity contribution is -0.266. The van der Waals surface area contributed by atoms with Crippen LogP contribution in [-0.2, 0) is 57.2 Å². The molecule has 1 aliphatic carbocycles. The molecule has 0 aromatic rings. The number of hydrogen-bond donors (Lipinski definition) is 3. The van der Waals surface area contributed by atoms with Crippen molar-refractivity contribution in [1.29, 1.82) is 0 Å². The van der Waals surface area contributed by atoms with E-state index >= 15 is 0 Å². The van der Waals surface area contributed by atoms with Crippen LogP contribution in [0.2, 0.25) is 0 Å². The minimum absolute atomic E-state index is 0.0355. The van der Waals surface area contributed by atoms with Gasteiger partial charge in [-0.3, -0.25) is 24.0 Å². The van der Waals surface area contributed by atoms with Crippen LogP contribution in [0.1, 0.15) is 152 Å². The SMILES string of the molecule is CCC1C(=O)C(C)CC(C)/C=C/C=C/C=C(\C)C(OCC2CCO2)CC2CCC(C)C(O)(O2)C(=O)C(=O)N2CCCCC2C(=O)OC(C(C)CC2CCC(OCCC(=O)O)C(OC)C2)CC(=O)C(C)/C=C(\C)C1O. The number of fused-ring (bicyclic) bond motifs is 3. The number of carboxylic acids is 1. The summed E-state index contributed by atoms with van der Waals surface area (Å²) >= 11 is 0. The number of cyclic esters (lactones) is 1. The number of carboxylic acid groups (broad SMARTS) is 1. The van der Waals surface area contributed by atoms with Crippen molar-refractivity contribution in [1.82, 2.24) is 4.90 Å². The monoisotopic (exact) mass is 1040 g/mol. The zero-order valence-corrected chi connectivity index (χ0v) is 45.7. The maximum absolute atomic E-state index is 14.6. The lowest BCUT2D eigenvalue weighted by Gasteiger charge is -2.43. The number of nitrogens with zero attached hydrogens (tertiary/aromatic N) is 1. The van der Waals surface area contributed by atoms with E-state index in [2.05, 4.69) is 0 Å².